The monoisotopic (exact) mass is 236 g/mol. The van der Waals surface area contributed by atoms with Crippen LogP contribution >= 0.6 is 0 Å². The van der Waals surface area contributed by atoms with E-state index >= 15 is 0 Å². The van der Waals surface area contributed by atoms with Crippen LogP contribution < -0.4 is 3.79 Å². The molecule has 0 saturated heterocycles. The molecule has 0 saturated carbocycles. The van der Waals surface area contributed by atoms with Crippen LogP contribution in [0, 0.1) is 0 Å². The third kappa shape index (κ3) is 2.75. The van der Waals surface area contributed by atoms with Crippen molar-refractivity contribution in [1.29, 1.82) is 0 Å². The lowest BCUT2D eigenvalue weighted by Gasteiger charge is -2.08. The number of hydrogen-bond donors (Lipinski definition) is 0. The van der Waals surface area contributed by atoms with Gasteiger partial charge >= 0.3 is 28.6 Å². The number of carbonyl (C=O) groups is 2. The second-order valence-electron chi connectivity index (χ2n) is 2.85. The van der Waals surface area contributed by atoms with E-state index in [1.807, 2.05) is 16.6 Å². The molecule has 1 aromatic rings. The van der Waals surface area contributed by atoms with Crippen molar-refractivity contribution < 1.29 is 22.9 Å². The van der Waals surface area contributed by atoms with Crippen molar-refractivity contribution in [1.82, 2.24) is 0 Å². The molecule has 0 aliphatic rings. The Hall–Kier alpha value is -1.51. The van der Waals surface area contributed by atoms with Gasteiger partial charge in [0.1, 0.15) is 0 Å². The number of methoxy groups -OCH3 is 2. The molecular formula is C10H9AlO5. The van der Waals surface area contributed by atoms with Crippen LogP contribution in [-0.2, 0) is 9.47 Å². The first-order valence-corrected chi connectivity index (χ1v) is 4.78. The summed E-state index contributed by atoms with van der Waals surface area (Å²) in [7, 11) is 2.52. The topological polar surface area (TPSA) is 61.8 Å². The molecule has 82 valence electrons. The summed E-state index contributed by atoms with van der Waals surface area (Å²) >= 11 is 2.03. The molecule has 1 aromatic carbocycles. The van der Waals surface area contributed by atoms with Gasteiger partial charge in [0.2, 0.25) is 0 Å². The zero-order valence-corrected chi connectivity index (χ0v) is 10.0. The molecule has 0 amide bonds. The average molecular weight is 236 g/mol. The van der Waals surface area contributed by atoms with Gasteiger partial charge < -0.3 is 13.3 Å². The maximum absolute atomic E-state index is 11.3. The highest BCUT2D eigenvalue weighted by atomic mass is 27.1. The van der Waals surface area contributed by atoms with E-state index in [1.165, 1.54) is 32.4 Å². The molecule has 1 rings (SSSR count). The molecule has 0 aliphatic carbocycles. The van der Waals surface area contributed by atoms with Crippen LogP contribution in [0.5, 0.6) is 5.75 Å². The molecular weight excluding hydrogens is 227 g/mol. The molecule has 0 spiro atoms. The lowest BCUT2D eigenvalue weighted by Crippen LogP contribution is -2.07. The van der Waals surface area contributed by atoms with Gasteiger partial charge in [0, 0.05) is 0 Å². The fourth-order valence-corrected chi connectivity index (χ4v) is 1.27. The summed E-state index contributed by atoms with van der Waals surface area (Å²) in [5.41, 5.74) is 0.450. The molecule has 0 atom stereocenters. The van der Waals surface area contributed by atoms with E-state index in [0.29, 0.717) is 5.75 Å². The fourth-order valence-electron chi connectivity index (χ4n) is 1.14. The van der Waals surface area contributed by atoms with E-state index in [9.17, 15) is 9.59 Å². The van der Waals surface area contributed by atoms with Crippen molar-refractivity contribution in [3.8, 4) is 5.75 Å². The Bertz CT molecular complexity index is 381. The van der Waals surface area contributed by atoms with Crippen LogP contribution in [-0.4, -0.2) is 42.8 Å². The van der Waals surface area contributed by atoms with Gasteiger partial charge in [-0.05, 0) is 18.2 Å². The SMILES string of the molecule is COC(=O)c1cc([O][Al])cc(C(=O)OC)c1. The van der Waals surface area contributed by atoms with E-state index in [-0.39, 0.29) is 11.1 Å². The molecule has 0 aromatic heterocycles. The van der Waals surface area contributed by atoms with Gasteiger partial charge in [-0.25, -0.2) is 9.59 Å². The van der Waals surface area contributed by atoms with Crippen molar-refractivity contribution in [2.24, 2.45) is 0 Å². The number of esters is 2. The average Bonchev–Trinajstić information content (AvgIpc) is 2.35. The Morgan fingerprint density at radius 1 is 1.00 bits per heavy atom. The maximum Gasteiger partial charge on any atom is 0.482 e. The van der Waals surface area contributed by atoms with Gasteiger partial charge in [0.05, 0.1) is 31.1 Å². The Morgan fingerprint density at radius 2 is 1.44 bits per heavy atom. The molecule has 0 bridgehead atoms. The molecule has 0 heterocycles. The quantitative estimate of drug-likeness (QED) is 0.571. The van der Waals surface area contributed by atoms with Crippen molar-refractivity contribution in [2.45, 2.75) is 0 Å². The van der Waals surface area contributed by atoms with Gasteiger partial charge in [0.15, 0.2) is 0 Å². The first kappa shape index (κ1) is 12.6. The summed E-state index contributed by atoms with van der Waals surface area (Å²) in [4.78, 5) is 22.6. The second-order valence-corrected chi connectivity index (χ2v) is 3.08. The van der Waals surface area contributed by atoms with E-state index < -0.39 is 11.9 Å². The predicted molar refractivity (Wildman–Crippen MR) is 55.5 cm³/mol. The van der Waals surface area contributed by atoms with E-state index in [0.717, 1.165) is 0 Å². The highest BCUT2D eigenvalue weighted by Crippen LogP contribution is 2.18. The summed E-state index contributed by atoms with van der Waals surface area (Å²) < 4.78 is 14.0. The molecule has 0 fully saturated rings. The predicted octanol–water partition coefficient (Wildman–Crippen LogP) is 0.722. The standard InChI is InChI=1S/C10H10O5.Al/c1-14-9(12)6-3-7(10(13)15-2)5-8(11)4-6;/h3-5,11H,1-2H3;/q;+1/p-1. The fraction of sp³-hybridized carbons (Fsp3) is 0.200. The summed E-state index contributed by atoms with van der Waals surface area (Å²) in [6.45, 7) is 0. The van der Waals surface area contributed by atoms with Crippen molar-refractivity contribution in [3.05, 3.63) is 29.3 Å². The highest BCUT2D eigenvalue weighted by molar-refractivity contribution is 6.01. The van der Waals surface area contributed by atoms with Crippen LogP contribution in [0.3, 0.4) is 0 Å². The van der Waals surface area contributed by atoms with Crippen LogP contribution in [0.4, 0.5) is 0 Å². The molecule has 16 heavy (non-hydrogen) atoms. The maximum atomic E-state index is 11.3. The zero-order chi connectivity index (χ0) is 12.1. The molecule has 0 aliphatic heterocycles. The Labute approximate surface area is 101 Å². The van der Waals surface area contributed by atoms with Crippen LogP contribution in [0.25, 0.3) is 0 Å². The summed E-state index contributed by atoms with van der Waals surface area (Å²) in [6.07, 6.45) is 0. The zero-order valence-electron chi connectivity index (χ0n) is 8.85. The highest BCUT2D eigenvalue weighted by Gasteiger charge is 2.13. The molecule has 0 N–H and O–H groups in total. The van der Waals surface area contributed by atoms with Gasteiger partial charge in [-0.1, -0.05) is 0 Å². The number of carbonyl (C=O) groups excluding carboxylic acids is 2. The minimum Gasteiger partial charge on any atom is -0.654 e. The number of hydrogen-bond acceptors (Lipinski definition) is 5. The molecule has 0 unspecified atom stereocenters. The van der Waals surface area contributed by atoms with Gasteiger partial charge in [-0.15, -0.1) is 0 Å². The lowest BCUT2D eigenvalue weighted by molar-refractivity contribution is 0.0598. The molecule has 2 radical (unpaired) electrons. The number of rotatable bonds is 3. The van der Waals surface area contributed by atoms with Crippen LogP contribution in [0.2, 0.25) is 0 Å². The van der Waals surface area contributed by atoms with Crippen molar-refractivity contribution in [3.63, 3.8) is 0 Å². The van der Waals surface area contributed by atoms with Gasteiger partial charge in [0.25, 0.3) is 0 Å². The summed E-state index contributed by atoms with van der Waals surface area (Å²) in [5.74, 6) is -0.739. The van der Waals surface area contributed by atoms with Crippen LogP contribution in [0.15, 0.2) is 18.2 Å². The molecule has 6 heteroatoms. The summed E-state index contributed by atoms with van der Waals surface area (Å²) in [6, 6.07) is 4.31. The Balaban J connectivity index is 3.20. The van der Waals surface area contributed by atoms with Gasteiger partial charge in [-0.2, -0.15) is 0 Å². The van der Waals surface area contributed by atoms with E-state index in [2.05, 4.69) is 9.47 Å². The summed E-state index contributed by atoms with van der Waals surface area (Å²) in [5, 5.41) is 0. The van der Waals surface area contributed by atoms with Crippen molar-refractivity contribution in [2.75, 3.05) is 14.2 Å². The Kier molecular flexibility index (Phi) is 4.35. The normalized spacial score (nSPS) is 9.38. The lowest BCUT2D eigenvalue weighted by atomic mass is 10.1. The second kappa shape index (κ2) is 5.54. The number of ether oxygens (including phenoxy) is 2. The van der Waals surface area contributed by atoms with Crippen molar-refractivity contribution >= 4 is 28.6 Å². The third-order valence-corrected chi connectivity index (χ3v) is 2.16. The number of benzene rings is 1. The van der Waals surface area contributed by atoms with E-state index in [1.54, 1.807) is 0 Å². The third-order valence-electron chi connectivity index (χ3n) is 1.88. The van der Waals surface area contributed by atoms with Crippen LogP contribution in [0.1, 0.15) is 20.7 Å². The van der Waals surface area contributed by atoms with E-state index in [4.69, 9.17) is 3.79 Å². The molecule has 5 nitrogen and oxygen atoms in total. The smallest absolute Gasteiger partial charge is 0.482 e. The van der Waals surface area contributed by atoms with Gasteiger partial charge in [-0.3, -0.25) is 0 Å². The Morgan fingerprint density at radius 3 is 1.75 bits per heavy atom. The first-order valence-electron chi connectivity index (χ1n) is 4.30. The minimum absolute atomic E-state index is 0.225. The largest absolute Gasteiger partial charge is 0.654 e. The minimum atomic E-state index is -0.547. The first-order chi connectivity index (χ1) is 7.62.